The molecule has 0 atom stereocenters. The van der Waals surface area contributed by atoms with E-state index < -0.39 is 0 Å². The fourth-order valence-electron chi connectivity index (χ4n) is 1.73. The number of nitrogens with zero attached hydrogens (tertiary/aromatic N) is 4. The lowest BCUT2D eigenvalue weighted by Crippen LogP contribution is -2.31. The number of benzene rings is 1. The highest BCUT2D eigenvalue weighted by molar-refractivity contribution is 5.77. The maximum absolute atomic E-state index is 12.0. The second-order valence-electron chi connectivity index (χ2n) is 4.63. The molecule has 0 saturated carbocycles. The van der Waals surface area contributed by atoms with Crippen molar-refractivity contribution < 1.29 is 9.53 Å². The number of ether oxygens (including phenoxy) is 1. The minimum absolute atomic E-state index is 0.0488. The molecule has 1 heterocycles. The van der Waals surface area contributed by atoms with Gasteiger partial charge in [0.2, 0.25) is 0 Å². The number of likely N-dealkylation sites (N-methyl/N-ethyl adjacent to an activating group) is 1. The summed E-state index contributed by atoms with van der Waals surface area (Å²) in [6.07, 6.45) is 3.53. The van der Waals surface area contributed by atoms with Gasteiger partial charge in [-0.25, -0.2) is 4.98 Å². The molecule has 21 heavy (non-hydrogen) atoms. The van der Waals surface area contributed by atoms with E-state index >= 15 is 0 Å². The average Bonchev–Trinajstić information content (AvgIpc) is 2.90. The van der Waals surface area contributed by atoms with E-state index in [4.69, 9.17) is 10.00 Å². The van der Waals surface area contributed by atoms with Gasteiger partial charge in [-0.3, -0.25) is 4.79 Å². The molecule has 0 fully saturated rings. The predicted molar refractivity (Wildman–Crippen MR) is 76.3 cm³/mol. The van der Waals surface area contributed by atoms with Gasteiger partial charge < -0.3 is 14.2 Å². The van der Waals surface area contributed by atoms with Crippen LogP contribution >= 0.6 is 0 Å². The van der Waals surface area contributed by atoms with Crippen molar-refractivity contribution in [2.24, 2.45) is 7.05 Å². The number of amides is 1. The lowest BCUT2D eigenvalue weighted by atomic mass is 10.2. The third-order valence-electron chi connectivity index (χ3n) is 3.07. The van der Waals surface area contributed by atoms with E-state index in [2.05, 4.69) is 4.98 Å². The van der Waals surface area contributed by atoms with Crippen LogP contribution in [0.5, 0.6) is 5.75 Å². The Hall–Kier alpha value is -2.81. The van der Waals surface area contributed by atoms with Gasteiger partial charge in [0.05, 0.1) is 18.2 Å². The molecule has 1 aromatic heterocycles. The monoisotopic (exact) mass is 284 g/mol. The Labute approximate surface area is 123 Å². The van der Waals surface area contributed by atoms with Gasteiger partial charge >= 0.3 is 0 Å². The van der Waals surface area contributed by atoms with Crippen LogP contribution in [0.4, 0.5) is 0 Å². The molecular formula is C15H16N4O2. The third kappa shape index (κ3) is 3.83. The first-order valence-electron chi connectivity index (χ1n) is 6.43. The van der Waals surface area contributed by atoms with Crippen molar-refractivity contribution in [3.05, 3.63) is 48.0 Å². The molecule has 6 nitrogen and oxygen atoms in total. The fourth-order valence-corrected chi connectivity index (χ4v) is 1.73. The molecule has 2 aromatic rings. The first-order chi connectivity index (χ1) is 10.1. The maximum atomic E-state index is 12.0. The van der Waals surface area contributed by atoms with Gasteiger partial charge in [-0.1, -0.05) is 0 Å². The van der Waals surface area contributed by atoms with Gasteiger partial charge in [0.1, 0.15) is 11.6 Å². The summed E-state index contributed by atoms with van der Waals surface area (Å²) in [5.74, 6) is 1.24. The van der Waals surface area contributed by atoms with Gasteiger partial charge in [-0.05, 0) is 24.3 Å². The Morgan fingerprint density at radius 1 is 1.43 bits per heavy atom. The van der Waals surface area contributed by atoms with Crippen molar-refractivity contribution in [3.8, 4) is 11.8 Å². The number of carbonyl (C=O) groups excluding carboxylic acids is 1. The minimum Gasteiger partial charge on any atom is -0.484 e. The number of hydrogen-bond acceptors (Lipinski definition) is 4. The van der Waals surface area contributed by atoms with E-state index in [1.54, 1.807) is 42.4 Å². The van der Waals surface area contributed by atoms with Crippen molar-refractivity contribution >= 4 is 5.91 Å². The quantitative estimate of drug-likeness (QED) is 0.830. The topological polar surface area (TPSA) is 71.2 Å². The van der Waals surface area contributed by atoms with E-state index in [0.717, 1.165) is 5.82 Å². The number of aryl methyl sites for hydroxylation is 1. The van der Waals surface area contributed by atoms with Crippen LogP contribution in [0, 0.1) is 11.3 Å². The molecule has 0 unspecified atom stereocenters. The second-order valence-corrected chi connectivity index (χ2v) is 4.63. The number of hydrogen-bond donors (Lipinski definition) is 0. The zero-order valence-electron chi connectivity index (χ0n) is 12.0. The van der Waals surface area contributed by atoms with Crippen molar-refractivity contribution in [1.29, 1.82) is 5.26 Å². The summed E-state index contributed by atoms with van der Waals surface area (Å²) in [5.41, 5.74) is 0.556. The Bertz CT molecular complexity index is 655. The molecule has 0 aliphatic carbocycles. The summed E-state index contributed by atoms with van der Waals surface area (Å²) in [6, 6.07) is 8.67. The summed E-state index contributed by atoms with van der Waals surface area (Å²) in [7, 11) is 3.59. The van der Waals surface area contributed by atoms with Crippen LogP contribution in [-0.4, -0.2) is 34.0 Å². The van der Waals surface area contributed by atoms with Crippen LogP contribution in [0.2, 0.25) is 0 Å². The van der Waals surface area contributed by atoms with Crippen LogP contribution < -0.4 is 4.74 Å². The largest absolute Gasteiger partial charge is 0.484 e. The van der Waals surface area contributed by atoms with E-state index in [9.17, 15) is 4.79 Å². The van der Waals surface area contributed by atoms with Crippen molar-refractivity contribution in [2.75, 3.05) is 13.7 Å². The molecule has 0 N–H and O–H groups in total. The van der Waals surface area contributed by atoms with Crippen LogP contribution in [0.3, 0.4) is 0 Å². The molecule has 108 valence electrons. The molecule has 1 aromatic carbocycles. The van der Waals surface area contributed by atoms with E-state index in [-0.39, 0.29) is 12.5 Å². The van der Waals surface area contributed by atoms with Gasteiger partial charge in [-0.15, -0.1) is 0 Å². The van der Waals surface area contributed by atoms with E-state index in [0.29, 0.717) is 17.9 Å². The SMILES string of the molecule is CN(Cc1nccn1C)C(=O)COc1ccc(C#N)cc1. The smallest absolute Gasteiger partial charge is 0.260 e. The number of nitriles is 1. The molecule has 0 radical (unpaired) electrons. The molecule has 6 heteroatoms. The van der Waals surface area contributed by atoms with E-state index in [1.807, 2.05) is 23.9 Å². The van der Waals surface area contributed by atoms with Gasteiger partial charge in [0.15, 0.2) is 6.61 Å². The number of aromatic nitrogens is 2. The average molecular weight is 284 g/mol. The summed E-state index contributed by atoms with van der Waals surface area (Å²) < 4.78 is 7.28. The predicted octanol–water partition coefficient (Wildman–Crippen LogP) is 1.33. The molecule has 0 spiro atoms. The maximum Gasteiger partial charge on any atom is 0.260 e. The summed E-state index contributed by atoms with van der Waals surface area (Å²) >= 11 is 0. The Morgan fingerprint density at radius 3 is 2.71 bits per heavy atom. The van der Waals surface area contributed by atoms with Crippen molar-refractivity contribution in [2.45, 2.75) is 6.54 Å². The van der Waals surface area contributed by atoms with Crippen molar-refractivity contribution in [1.82, 2.24) is 14.5 Å². The Morgan fingerprint density at radius 2 is 2.14 bits per heavy atom. The fraction of sp³-hybridized carbons (Fsp3) is 0.267. The number of rotatable bonds is 5. The lowest BCUT2D eigenvalue weighted by molar-refractivity contribution is -0.132. The first kappa shape index (κ1) is 14.6. The molecule has 0 aliphatic heterocycles. The first-order valence-corrected chi connectivity index (χ1v) is 6.43. The molecule has 2 rings (SSSR count). The highest BCUT2D eigenvalue weighted by Gasteiger charge is 2.12. The van der Waals surface area contributed by atoms with Crippen LogP contribution in [0.15, 0.2) is 36.7 Å². The van der Waals surface area contributed by atoms with Crippen LogP contribution in [-0.2, 0) is 18.4 Å². The van der Waals surface area contributed by atoms with Crippen LogP contribution in [0.25, 0.3) is 0 Å². The summed E-state index contributed by atoms with van der Waals surface area (Å²) in [6.45, 7) is 0.381. The van der Waals surface area contributed by atoms with Crippen molar-refractivity contribution in [3.63, 3.8) is 0 Å². The Kier molecular flexibility index (Phi) is 4.57. The highest BCUT2D eigenvalue weighted by atomic mass is 16.5. The molecule has 0 saturated heterocycles. The van der Waals surface area contributed by atoms with Gasteiger partial charge in [0.25, 0.3) is 5.91 Å². The van der Waals surface area contributed by atoms with Crippen LogP contribution in [0.1, 0.15) is 11.4 Å². The molecule has 0 bridgehead atoms. The molecule has 0 aliphatic rings. The summed E-state index contributed by atoms with van der Waals surface area (Å²) in [5, 5.41) is 8.70. The number of imidazole rings is 1. The lowest BCUT2D eigenvalue weighted by Gasteiger charge is -2.17. The highest BCUT2D eigenvalue weighted by Crippen LogP contribution is 2.11. The van der Waals surface area contributed by atoms with E-state index in [1.165, 1.54) is 0 Å². The molecular weight excluding hydrogens is 268 g/mol. The van der Waals surface area contributed by atoms with Gasteiger partial charge in [0, 0.05) is 26.5 Å². The molecule has 1 amide bonds. The Balaban J connectivity index is 1.86. The van der Waals surface area contributed by atoms with Gasteiger partial charge in [-0.2, -0.15) is 5.26 Å². The second kappa shape index (κ2) is 6.57. The number of carbonyl (C=O) groups is 1. The summed E-state index contributed by atoms with van der Waals surface area (Å²) in [4.78, 5) is 17.7. The minimum atomic E-state index is -0.137. The zero-order valence-corrected chi connectivity index (χ0v) is 12.0. The zero-order chi connectivity index (χ0) is 15.2. The normalized spacial score (nSPS) is 9.95. The standard InChI is InChI=1S/C15H16N4O2/c1-18-8-7-17-14(18)10-19(2)15(20)11-21-13-5-3-12(9-16)4-6-13/h3-8H,10-11H2,1-2H3. The third-order valence-corrected chi connectivity index (χ3v) is 3.07.